The molecule has 98 valence electrons. The van der Waals surface area contributed by atoms with E-state index in [0.717, 1.165) is 39.1 Å². The molecule has 0 aliphatic carbocycles. The zero-order chi connectivity index (χ0) is 12.9. The summed E-state index contributed by atoms with van der Waals surface area (Å²) >= 11 is 0. The van der Waals surface area contributed by atoms with Gasteiger partial charge in [0.1, 0.15) is 5.54 Å². The van der Waals surface area contributed by atoms with E-state index in [2.05, 4.69) is 42.1 Å². The third-order valence-electron chi connectivity index (χ3n) is 3.68. The zero-order valence-electron chi connectivity index (χ0n) is 11.7. The van der Waals surface area contributed by atoms with Gasteiger partial charge >= 0.3 is 0 Å². The van der Waals surface area contributed by atoms with Crippen LogP contribution < -0.4 is 5.32 Å². The molecule has 0 radical (unpaired) electrons. The quantitative estimate of drug-likeness (QED) is 0.773. The molecule has 1 fully saturated rings. The zero-order valence-corrected chi connectivity index (χ0v) is 11.7. The second kappa shape index (κ2) is 6.34. The molecule has 0 aromatic rings. The number of likely N-dealkylation sites (N-methyl/N-ethyl adjacent to an activating group) is 1. The lowest BCUT2D eigenvalue weighted by Crippen LogP contribution is -2.52. The molecule has 0 saturated carbocycles. The first-order valence-electron chi connectivity index (χ1n) is 6.59. The van der Waals surface area contributed by atoms with Crippen LogP contribution in [0.25, 0.3) is 0 Å². The predicted octanol–water partition coefficient (Wildman–Crippen LogP) is 0.904. The first-order valence-corrected chi connectivity index (χ1v) is 6.59. The van der Waals surface area contributed by atoms with E-state index >= 15 is 0 Å². The van der Waals surface area contributed by atoms with Gasteiger partial charge in [-0.15, -0.1) is 0 Å². The Hall–Kier alpha value is -0.630. The van der Waals surface area contributed by atoms with Crippen LogP contribution in [0.2, 0.25) is 0 Å². The van der Waals surface area contributed by atoms with Gasteiger partial charge in [0.15, 0.2) is 0 Å². The molecule has 1 N–H and O–H groups in total. The Labute approximate surface area is 106 Å². The van der Waals surface area contributed by atoms with Gasteiger partial charge in [-0.05, 0) is 33.9 Å². The fourth-order valence-corrected chi connectivity index (χ4v) is 2.53. The SMILES string of the molecule is CCNC(C)(C#N)CC(C)N1CCN(C)CC1. The van der Waals surface area contributed by atoms with E-state index in [4.69, 9.17) is 0 Å². The Balaban J connectivity index is 2.47. The van der Waals surface area contributed by atoms with Crippen molar-refractivity contribution in [1.82, 2.24) is 15.1 Å². The third-order valence-corrected chi connectivity index (χ3v) is 3.68. The maximum atomic E-state index is 9.27. The number of hydrogen-bond acceptors (Lipinski definition) is 4. The van der Waals surface area contributed by atoms with Crippen molar-refractivity contribution >= 4 is 0 Å². The summed E-state index contributed by atoms with van der Waals surface area (Å²) in [4.78, 5) is 4.85. The van der Waals surface area contributed by atoms with Gasteiger partial charge in [-0.3, -0.25) is 10.2 Å². The average molecular weight is 238 g/mol. The van der Waals surface area contributed by atoms with Crippen molar-refractivity contribution in [2.24, 2.45) is 0 Å². The molecule has 2 atom stereocenters. The van der Waals surface area contributed by atoms with Crippen LogP contribution in [0.5, 0.6) is 0 Å². The molecular weight excluding hydrogens is 212 g/mol. The normalized spacial score (nSPS) is 23.9. The van der Waals surface area contributed by atoms with Crippen molar-refractivity contribution in [2.45, 2.75) is 38.8 Å². The number of nitrogens with one attached hydrogen (secondary N) is 1. The Morgan fingerprint density at radius 2 is 1.94 bits per heavy atom. The van der Waals surface area contributed by atoms with Crippen molar-refractivity contribution in [3.8, 4) is 6.07 Å². The highest BCUT2D eigenvalue weighted by molar-refractivity contribution is 5.05. The molecule has 0 spiro atoms. The van der Waals surface area contributed by atoms with Gasteiger partial charge in [0.2, 0.25) is 0 Å². The maximum absolute atomic E-state index is 9.27. The van der Waals surface area contributed by atoms with Crippen molar-refractivity contribution in [3.05, 3.63) is 0 Å². The molecule has 4 heteroatoms. The molecule has 0 bridgehead atoms. The fourth-order valence-electron chi connectivity index (χ4n) is 2.53. The van der Waals surface area contributed by atoms with Crippen LogP contribution in [-0.4, -0.2) is 61.2 Å². The second-order valence-corrected chi connectivity index (χ2v) is 5.37. The van der Waals surface area contributed by atoms with Crippen LogP contribution in [0.3, 0.4) is 0 Å². The summed E-state index contributed by atoms with van der Waals surface area (Å²) in [6.07, 6.45) is 0.890. The van der Waals surface area contributed by atoms with E-state index in [1.165, 1.54) is 0 Å². The molecule has 1 rings (SSSR count). The molecule has 4 nitrogen and oxygen atoms in total. The molecule has 1 heterocycles. The molecule has 0 aromatic heterocycles. The minimum atomic E-state index is -0.391. The van der Waals surface area contributed by atoms with E-state index in [0.29, 0.717) is 6.04 Å². The Morgan fingerprint density at radius 1 is 1.35 bits per heavy atom. The molecule has 1 saturated heterocycles. The highest BCUT2D eigenvalue weighted by Crippen LogP contribution is 2.16. The Morgan fingerprint density at radius 3 is 2.41 bits per heavy atom. The molecule has 0 aromatic carbocycles. The molecule has 2 unspecified atom stereocenters. The molecule has 1 aliphatic rings. The summed E-state index contributed by atoms with van der Waals surface area (Å²) in [5.74, 6) is 0. The van der Waals surface area contributed by atoms with Gasteiger partial charge in [-0.25, -0.2) is 0 Å². The number of piperazine rings is 1. The van der Waals surface area contributed by atoms with Gasteiger partial charge < -0.3 is 4.90 Å². The predicted molar refractivity (Wildman–Crippen MR) is 70.8 cm³/mol. The van der Waals surface area contributed by atoms with Crippen molar-refractivity contribution in [2.75, 3.05) is 39.8 Å². The van der Waals surface area contributed by atoms with Gasteiger partial charge in [0.25, 0.3) is 0 Å². The molecule has 1 aliphatic heterocycles. The van der Waals surface area contributed by atoms with Crippen LogP contribution in [0.15, 0.2) is 0 Å². The molecular formula is C13H26N4. The van der Waals surface area contributed by atoms with Crippen molar-refractivity contribution < 1.29 is 0 Å². The topological polar surface area (TPSA) is 42.3 Å². The van der Waals surface area contributed by atoms with Crippen LogP contribution in [0.4, 0.5) is 0 Å². The summed E-state index contributed by atoms with van der Waals surface area (Å²) in [5.41, 5.74) is -0.391. The fraction of sp³-hybridized carbons (Fsp3) is 0.923. The van der Waals surface area contributed by atoms with Crippen molar-refractivity contribution in [3.63, 3.8) is 0 Å². The number of rotatable bonds is 5. The summed E-state index contributed by atoms with van der Waals surface area (Å²) in [7, 11) is 2.17. The van der Waals surface area contributed by atoms with Gasteiger partial charge in [-0.1, -0.05) is 6.92 Å². The summed E-state index contributed by atoms with van der Waals surface area (Å²) in [5, 5.41) is 12.6. The van der Waals surface area contributed by atoms with E-state index in [-0.39, 0.29) is 0 Å². The standard InChI is InChI=1S/C13H26N4/c1-5-15-13(3,11-14)10-12(2)17-8-6-16(4)7-9-17/h12,15H,5-10H2,1-4H3. The highest BCUT2D eigenvalue weighted by atomic mass is 15.3. The largest absolute Gasteiger partial charge is 0.304 e. The smallest absolute Gasteiger partial charge is 0.105 e. The second-order valence-electron chi connectivity index (χ2n) is 5.37. The van der Waals surface area contributed by atoms with Crippen LogP contribution in [0.1, 0.15) is 27.2 Å². The van der Waals surface area contributed by atoms with E-state index < -0.39 is 5.54 Å². The number of nitrogens with zero attached hydrogens (tertiary/aromatic N) is 3. The lowest BCUT2D eigenvalue weighted by Gasteiger charge is -2.38. The maximum Gasteiger partial charge on any atom is 0.105 e. The first-order chi connectivity index (χ1) is 8.00. The van der Waals surface area contributed by atoms with Crippen LogP contribution in [-0.2, 0) is 0 Å². The first kappa shape index (κ1) is 14.4. The number of nitriles is 1. The molecule has 17 heavy (non-hydrogen) atoms. The Bertz CT molecular complexity index is 265. The van der Waals surface area contributed by atoms with E-state index in [9.17, 15) is 5.26 Å². The van der Waals surface area contributed by atoms with E-state index in [1.54, 1.807) is 0 Å². The van der Waals surface area contributed by atoms with E-state index in [1.807, 2.05) is 6.92 Å². The monoisotopic (exact) mass is 238 g/mol. The summed E-state index contributed by atoms with van der Waals surface area (Å²) < 4.78 is 0. The van der Waals surface area contributed by atoms with Gasteiger partial charge in [0.05, 0.1) is 6.07 Å². The summed E-state index contributed by atoms with van der Waals surface area (Å²) in [6, 6.07) is 2.88. The number of hydrogen-bond donors (Lipinski definition) is 1. The minimum absolute atomic E-state index is 0.391. The third kappa shape index (κ3) is 4.27. The van der Waals surface area contributed by atoms with Gasteiger partial charge in [0, 0.05) is 32.2 Å². The van der Waals surface area contributed by atoms with Crippen molar-refractivity contribution in [1.29, 1.82) is 5.26 Å². The minimum Gasteiger partial charge on any atom is -0.304 e. The van der Waals surface area contributed by atoms with Crippen LogP contribution in [0, 0.1) is 11.3 Å². The Kier molecular flexibility index (Phi) is 5.38. The summed E-state index contributed by atoms with van der Waals surface area (Å²) in [6.45, 7) is 11.6. The van der Waals surface area contributed by atoms with Gasteiger partial charge in [-0.2, -0.15) is 5.26 Å². The lowest BCUT2D eigenvalue weighted by molar-refractivity contribution is 0.105. The lowest BCUT2D eigenvalue weighted by atomic mass is 9.94. The van der Waals surface area contributed by atoms with Crippen LogP contribution >= 0.6 is 0 Å². The average Bonchev–Trinajstić information content (AvgIpc) is 2.30. The highest BCUT2D eigenvalue weighted by Gasteiger charge is 2.28. The molecule has 0 amide bonds.